The van der Waals surface area contributed by atoms with E-state index in [0.29, 0.717) is 6.61 Å². The number of rotatable bonds is 6. The number of nitrogens with zero attached hydrogens (tertiary/aromatic N) is 1. The standard InChI is InChI=1S/C20H16BrNO3/c21-17-7-9-18(10-8-17)24-13-14-25-19(23)11-6-16-4-1-3-15-5-2-12-22-20(15)16/h1-12H,13-14H2/b11-6+. The molecule has 3 rings (SSSR count). The van der Waals surface area contributed by atoms with E-state index >= 15 is 0 Å². The molecule has 4 nitrogen and oxygen atoms in total. The minimum absolute atomic E-state index is 0.188. The van der Waals surface area contributed by atoms with E-state index < -0.39 is 5.97 Å². The Labute approximate surface area is 154 Å². The summed E-state index contributed by atoms with van der Waals surface area (Å²) in [4.78, 5) is 16.2. The molecule has 0 saturated heterocycles. The van der Waals surface area contributed by atoms with Crippen LogP contribution in [0.5, 0.6) is 5.75 Å². The maximum Gasteiger partial charge on any atom is 0.330 e. The molecule has 1 aromatic heterocycles. The Hall–Kier alpha value is -2.66. The molecular formula is C20H16BrNO3. The lowest BCUT2D eigenvalue weighted by atomic mass is 10.1. The molecule has 126 valence electrons. The predicted molar refractivity (Wildman–Crippen MR) is 101 cm³/mol. The summed E-state index contributed by atoms with van der Waals surface area (Å²) in [5.41, 5.74) is 1.73. The van der Waals surface area contributed by atoms with E-state index in [9.17, 15) is 4.79 Å². The summed E-state index contributed by atoms with van der Waals surface area (Å²) in [6, 6.07) is 17.2. The first-order valence-electron chi connectivity index (χ1n) is 7.79. The van der Waals surface area contributed by atoms with E-state index in [1.165, 1.54) is 6.08 Å². The average Bonchev–Trinajstić information content (AvgIpc) is 2.65. The van der Waals surface area contributed by atoms with Gasteiger partial charge in [-0.3, -0.25) is 4.98 Å². The van der Waals surface area contributed by atoms with Crippen LogP contribution in [0.2, 0.25) is 0 Å². The minimum atomic E-state index is -0.410. The second-order valence-electron chi connectivity index (χ2n) is 5.23. The molecule has 25 heavy (non-hydrogen) atoms. The molecule has 0 bridgehead atoms. The van der Waals surface area contributed by atoms with E-state index in [1.54, 1.807) is 12.3 Å². The first-order valence-corrected chi connectivity index (χ1v) is 8.58. The molecular weight excluding hydrogens is 382 g/mol. The number of hydrogen-bond acceptors (Lipinski definition) is 4. The third-order valence-corrected chi connectivity index (χ3v) is 4.00. The lowest BCUT2D eigenvalue weighted by Crippen LogP contribution is -2.10. The van der Waals surface area contributed by atoms with Gasteiger partial charge in [0, 0.05) is 27.7 Å². The summed E-state index contributed by atoms with van der Waals surface area (Å²) in [6.45, 7) is 0.490. The van der Waals surface area contributed by atoms with Gasteiger partial charge in [0.15, 0.2) is 0 Å². The Bertz CT molecular complexity index is 886. The van der Waals surface area contributed by atoms with Crippen LogP contribution in [0.4, 0.5) is 0 Å². The molecule has 0 atom stereocenters. The van der Waals surface area contributed by atoms with Crippen molar-refractivity contribution in [3.63, 3.8) is 0 Å². The normalized spacial score (nSPS) is 10.9. The van der Waals surface area contributed by atoms with Crippen molar-refractivity contribution >= 4 is 38.9 Å². The molecule has 0 amide bonds. The van der Waals surface area contributed by atoms with E-state index in [0.717, 1.165) is 26.7 Å². The first kappa shape index (κ1) is 17.2. The van der Waals surface area contributed by atoms with Crippen LogP contribution in [0.25, 0.3) is 17.0 Å². The summed E-state index contributed by atoms with van der Waals surface area (Å²) in [7, 11) is 0. The third-order valence-electron chi connectivity index (χ3n) is 3.47. The number of para-hydroxylation sites is 1. The van der Waals surface area contributed by atoms with Crippen LogP contribution >= 0.6 is 15.9 Å². The molecule has 0 fully saturated rings. The Morgan fingerprint density at radius 2 is 1.84 bits per heavy atom. The van der Waals surface area contributed by atoms with Crippen LogP contribution in [0.15, 0.2) is 71.3 Å². The van der Waals surface area contributed by atoms with Crippen LogP contribution in [-0.2, 0) is 9.53 Å². The second-order valence-corrected chi connectivity index (χ2v) is 6.14. The van der Waals surface area contributed by atoms with Gasteiger partial charge in [0.2, 0.25) is 0 Å². The number of esters is 1. The quantitative estimate of drug-likeness (QED) is 0.345. The van der Waals surface area contributed by atoms with Gasteiger partial charge in [0.25, 0.3) is 0 Å². The molecule has 5 heteroatoms. The van der Waals surface area contributed by atoms with Gasteiger partial charge in [-0.05, 0) is 36.4 Å². The van der Waals surface area contributed by atoms with Crippen molar-refractivity contribution in [2.45, 2.75) is 0 Å². The molecule has 0 unspecified atom stereocenters. The lowest BCUT2D eigenvalue weighted by Gasteiger charge is -2.06. The van der Waals surface area contributed by atoms with Crippen LogP contribution < -0.4 is 4.74 Å². The largest absolute Gasteiger partial charge is 0.490 e. The lowest BCUT2D eigenvalue weighted by molar-refractivity contribution is -0.138. The van der Waals surface area contributed by atoms with Crippen molar-refractivity contribution in [3.05, 3.63) is 76.9 Å². The number of benzene rings is 2. The van der Waals surface area contributed by atoms with Gasteiger partial charge < -0.3 is 9.47 Å². The Morgan fingerprint density at radius 1 is 1.04 bits per heavy atom. The summed E-state index contributed by atoms with van der Waals surface area (Å²) < 4.78 is 11.6. The van der Waals surface area contributed by atoms with Crippen molar-refractivity contribution < 1.29 is 14.3 Å². The van der Waals surface area contributed by atoms with E-state index in [4.69, 9.17) is 9.47 Å². The van der Waals surface area contributed by atoms with Crippen molar-refractivity contribution in [3.8, 4) is 5.75 Å². The Kier molecular flexibility index (Phi) is 5.80. The molecule has 0 aliphatic carbocycles. The number of aromatic nitrogens is 1. The molecule has 0 aliphatic rings. The van der Waals surface area contributed by atoms with Crippen molar-refractivity contribution in [2.75, 3.05) is 13.2 Å². The van der Waals surface area contributed by atoms with Gasteiger partial charge in [-0.15, -0.1) is 0 Å². The van der Waals surface area contributed by atoms with E-state index in [2.05, 4.69) is 20.9 Å². The molecule has 0 spiro atoms. The number of halogens is 1. The number of hydrogen-bond donors (Lipinski definition) is 0. The smallest absolute Gasteiger partial charge is 0.330 e. The zero-order chi connectivity index (χ0) is 17.5. The van der Waals surface area contributed by atoms with Gasteiger partial charge >= 0.3 is 5.97 Å². The summed E-state index contributed by atoms with van der Waals surface area (Å²) in [5.74, 6) is 0.323. The minimum Gasteiger partial charge on any atom is -0.490 e. The highest BCUT2D eigenvalue weighted by molar-refractivity contribution is 9.10. The fraction of sp³-hybridized carbons (Fsp3) is 0.100. The van der Waals surface area contributed by atoms with Crippen molar-refractivity contribution in [2.24, 2.45) is 0 Å². The summed E-state index contributed by atoms with van der Waals surface area (Å²) in [6.07, 6.45) is 4.85. The maximum absolute atomic E-state index is 11.8. The number of carbonyl (C=O) groups excluding carboxylic acids is 1. The molecule has 0 saturated carbocycles. The molecule has 3 aromatic rings. The molecule has 0 N–H and O–H groups in total. The van der Waals surface area contributed by atoms with Gasteiger partial charge in [0.05, 0.1) is 5.52 Å². The van der Waals surface area contributed by atoms with E-state index in [-0.39, 0.29) is 6.61 Å². The fourth-order valence-electron chi connectivity index (χ4n) is 2.30. The second kappa shape index (κ2) is 8.44. The zero-order valence-electron chi connectivity index (χ0n) is 13.4. The van der Waals surface area contributed by atoms with Gasteiger partial charge in [-0.1, -0.05) is 40.2 Å². The number of pyridine rings is 1. The highest BCUT2D eigenvalue weighted by Crippen LogP contribution is 2.17. The number of carbonyl (C=O) groups is 1. The van der Waals surface area contributed by atoms with Crippen LogP contribution in [0.1, 0.15) is 5.56 Å². The Balaban J connectivity index is 1.50. The fourth-order valence-corrected chi connectivity index (χ4v) is 2.57. The predicted octanol–water partition coefficient (Wildman–Crippen LogP) is 4.63. The average molecular weight is 398 g/mol. The van der Waals surface area contributed by atoms with Crippen molar-refractivity contribution in [1.29, 1.82) is 0 Å². The van der Waals surface area contributed by atoms with Crippen molar-refractivity contribution in [1.82, 2.24) is 4.98 Å². The highest BCUT2D eigenvalue weighted by Gasteiger charge is 2.01. The first-order chi connectivity index (χ1) is 12.2. The molecule has 0 radical (unpaired) electrons. The van der Waals surface area contributed by atoms with Gasteiger partial charge in [-0.2, -0.15) is 0 Å². The SMILES string of the molecule is O=C(/C=C/c1cccc2cccnc12)OCCOc1ccc(Br)cc1. The van der Waals surface area contributed by atoms with Gasteiger partial charge in [-0.25, -0.2) is 4.79 Å². The molecule has 1 heterocycles. The maximum atomic E-state index is 11.8. The monoisotopic (exact) mass is 397 g/mol. The number of fused-ring (bicyclic) bond motifs is 1. The molecule has 0 aliphatic heterocycles. The molecule has 2 aromatic carbocycles. The Morgan fingerprint density at radius 3 is 2.68 bits per heavy atom. The van der Waals surface area contributed by atoms with E-state index in [1.807, 2.05) is 54.6 Å². The number of ether oxygens (including phenoxy) is 2. The highest BCUT2D eigenvalue weighted by atomic mass is 79.9. The topological polar surface area (TPSA) is 48.4 Å². The zero-order valence-corrected chi connectivity index (χ0v) is 15.0. The van der Waals surface area contributed by atoms with Crippen LogP contribution in [0.3, 0.4) is 0 Å². The van der Waals surface area contributed by atoms with Gasteiger partial charge in [0.1, 0.15) is 19.0 Å². The summed E-state index contributed by atoms with van der Waals surface area (Å²) in [5, 5.41) is 1.03. The van der Waals surface area contributed by atoms with Crippen LogP contribution in [0, 0.1) is 0 Å². The summed E-state index contributed by atoms with van der Waals surface area (Å²) >= 11 is 3.36. The van der Waals surface area contributed by atoms with Crippen LogP contribution in [-0.4, -0.2) is 24.2 Å². The third kappa shape index (κ3) is 4.90.